The van der Waals surface area contributed by atoms with Crippen LogP contribution in [0.5, 0.6) is 34.5 Å². The van der Waals surface area contributed by atoms with Crippen LogP contribution in [0, 0.1) is 58.0 Å². The molecule has 12 rings (SSSR count). The standard InChI is InChI=1S/C77H68F6N18O9/c1-40-13-23-57(102)55(25-40)99-37-66(92-95-99)75(110,67-38-100(96-93-67)56-26-41(2)14-24-58(56)103)51-21-17-47(18-22-51)49-28-45(6)70(62(107)30-49)89-35-65(91-86)74(109,68-39-101(97-94-68)72-43(4)10-8-12-60(72)105)50-19-15-46(16-20-50)48-27-44(5)69(61(106)29-48)88-34-64(90-85)73(108,63(84)36-98(87)71-42(3)9-7-11-59(71)104)52-31-53(76(78,79)80)33-54(32-52)77(81,82)83/h7-35,37-39,64-65,84-86,102-110H,36,87H2,1-6H3. The van der Waals surface area contributed by atoms with Gasteiger partial charge in [0.25, 0.3) is 0 Å². The number of aryl methyl sites for hydroxylation is 6. The van der Waals surface area contributed by atoms with Gasteiger partial charge in [-0.1, -0.05) is 101 Å². The smallest absolute Gasteiger partial charge is 0.416 e. The maximum Gasteiger partial charge on any atom is 0.416 e. The zero-order chi connectivity index (χ0) is 79.3. The van der Waals surface area contributed by atoms with Gasteiger partial charge in [-0.15, -0.1) is 15.3 Å². The topological polar surface area (TPSA) is 424 Å². The molecule has 3 aromatic heterocycles. The Morgan fingerprint density at radius 3 is 1.36 bits per heavy atom. The highest BCUT2D eigenvalue weighted by molar-refractivity contribution is 5.99. The number of aromatic nitrogens is 9. The fourth-order valence-electron chi connectivity index (χ4n) is 13.0. The Balaban J connectivity index is 0.858. The van der Waals surface area contributed by atoms with Crippen LogP contribution in [0.4, 0.5) is 43.4 Å². The van der Waals surface area contributed by atoms with Crippen molar-refractivity contribution < 1.29 is 72.3 Å². The number of aliphatic imine (C=N–C) groups is 2. The number of nitrogens with one attached hydrogen (secondary N) is 3. The van der Waals surface area contributed by atoms with Gasteiger partial charge in [0.1, 0.15) is 92.1 Å². The quantitative estimate of drug-likeness (QED) is 0.00930. The van der Waals surface area contributed by atoms with E-state index in [4.69, 9.17) is 22.3 Å². The third-order valence-corrected chi connectivity index (χ3v) is 18.8. The van der Waals surface area contributed by atoms with Crippen molar-refractivity contribution in [2.75, 3.05) is 11.6 Å². The van der Waals surface area contributed by atoms with Crippen molar-refractivity contribution in [2.45, 2.75) is 82.8 Å². The van der Waals surface area contributed by atoms with Crippen molar-refractivity contribution in [3.63, 3.8) is 0 Å². The van der Waals surface area contributed by atoms with Gasteiger partial charge in [0.15, 0.2) is 16.8 Å². The van der Waals surface area contributed by atoms with Gasteiger partial charge < -0.3 is 56.4 Å². The van der Waals surface area contributed by atoms with Crippen molar-refractivity contribution in [3.8, 4) is 73.8 Å². The minimum Gasteiger partial charge on any atom is -0.506 e. The number of nitrogens with zero attached hydrogens (tertiary/aromatic N) is 14. The lowest BCUT2D eigenvalue weighted by molar-refractivity contribution is -0.143. The second kappa shape index (κ2) is 29.4. The minimum atomic E-state index is -5.43. The van der Waals surface area contributed by atoms with E-state index in [1.165, 1.54) is 125 Å². The Bertz CT molecular complexity index is 5420. The van der Waals surface area contributed by atoms with Crippen molar-refractivity contribution >= 4 is 35.2 Å². The van der Waals surface area contributed by atoms with Gasteiger partial charge in [-0.3, -0.25) is 9.98 Å². The van der Waals surface area contributed by atoms with Crippen molar-refractivity contribution in [3.05, 3.63) is 261 Å². The fraction of sp³-hybridized carbons (Fsp3) is 0.182. The second-order valence-corrected chi connectivity index (χ2v) is 26.3. The highest BCUT2D eigenvalue weighted by Crippen LogP contribution is 2.46. The predicted molar refractivity (Wildman–Crippen MR) is 392 cm³/mol. The number of nitrogens with two attached hydrogens (primary N) is 1. The van der Waals surface area contributed by atoms with Gasteiger partial charge in [-0.05, 0) is 193 Å². The molecule has 0 saturated heterocycles. The molecule has 0 bridgehead atoms. The first-order valence-corrected chi connectivity index (χ1v) is 33.3. The summed E-state index contributed by atoms with van der Waals surface area (Å²) in [6.07, 6.45) is -4.87. The molecular formula is C77H68F6N18O9. The molecule has 0 aliphatic carbocycles. The van der Waals surface area contributed by atoms with E-state index in [2.05, 4.69) is 51.1 Å². The number of phenols is 6. The highest BCUT2D eigenvalue weighted by Gasteiger charge is 2.48. The van der Waals surface area contributed by atoms with E-state index in [0.29, 0.717) is 45.2 Å². The fourth-order valence-corrected chi connectivity index (χ4v) is 13.0. The summed E-state index contributed by atoms with van der Waals surface area (Å²) in [5.74, 6) is 4.49. The number of alkyl halides is 6. The van der Waals surface area contributed by atoms with Gasteiger partial charge in [0.2, 0.25) is 0 Å². The average Bonchev–Trinajstić information content (AvgIpc) is 1.31. The molecule has 4 unspecified atom stereocenters. The summed E-state index contributed by atoms with van der Waals surface area (Å²) in [7, 11) is 0. The van der Waals surface area contributed by atoms with E-state index in [9.17, 15) is 72.3 Å². The molecule has 0 saturated carbocycles. The third kappa shape index (κ3) is 14.4. The molecule has 4 atom stereocenters. The lowest BCUT2D eigenvalue weighted by Gasteiger charge is -2.35. The van der Waals surface area contributed by atoms with Gasteiger partial charge >= 0.3 is 12.4 Å². The lowest BCUT2D eigenvalue weighted by Crippen LogP contribution is -2.52. The zero-order valence-corrected chi connectivity index (χ0v) is 59.0. The van der Waals surface area contributed by atoms with Gasteiger partial charge in [0, 0.05) is 12.4 Å². The van der Waals surface area contributed by atoms with Crippen molar-refractivity contribution in [1.82, 2.24) is 45.0 Å². The number of para-hydroxylation sites is 2. The lowest BCUT2D eigenvalue weighted by atomic mass is 9.80. The van der Waals surface area contributed by atoms with Crippen molar-refractivity contribution in [2.24, 2.45) is 26.1 Å². The largest absolute Gasteiger partial charge is 0.506 e. The first-order valence-electron chi connectivity index (χ1n) is 33.3. The number of hydrogen-bond donors (Lipinski definition) is 13. The Hall–Kier alpha value is -13.4. The van der Waals surface area contributed by atoms with Gasteiger partial charge in [-0.2, -0.15) is 36.6 Å². The molecule has 0 radical (unpaired) electrons. The summed E-state index contributed by atoms with van der Waals surface area (Å²) in [6.45, 7) is 9.02. The second-order valence-electron chi connectivity index (χ2n) is 26.3. The van der Waals surface area contributed by atoms with E-state index >= 15 is 0 Å². The van der Waals surface area contributed by atoms with E-state index in [0.717, 1.165) is 22.4 Å². The summed E-state index contributed by atoms with van der Waals surface area (Å²) in [6, 6.07) is 33.3. The number of phenolic OH excluding ortho intramolecular Hbond substituents is 6. The molecule has 0 fully saturated rings. The molecule has 9 aromatic carbocycles. The van der Waals surface area contributed by atoms with Crippen molar-refractivity contribution in [1.29, 1.82) is 16.5 Å². The number of benzene rings is 9. The van der Waals surface area contributed by atoms with Crippen LogP contribution >= 0.6 is 0 Å². The molecule has 562 valence electrons. The number of aliphatic hydroxyl groups is 3. The third-order valence-electron chi connectivity index (χ3n) is 18.8. The Kier molecular flexibility index (Phi) is 20.4. The van der Waals surface area contributed by atoms with E-state index in [1.807, 2.05) is 13.8 Å². The average molecular weight is 1500 g/mol. The van der Waals surface area contributed by atoms with Crippen LogP contribution in [0.15, 0.2) is 203 Å². The molecule has 0 spiro atoms. The number of hydrazine groups is 1. The van der Waals surface area contributed by atoms with Crippen LogP contribution in [0.25, 0.3) is 39.3 Å². The summed E-state index contributed by atoms with van der Waals surface area (Å²) in [5, 5.41) is 148. The van der Waals surface area contributed by atoms with E-state index < -0.39 is 81.7 Å². The van der Waals surface area contributed by atoms with Crippen LogP contribution in [0.1, 0.15) is 78.3 Å². The predicted octanol–water partition coefficient (Wildman–Crippen LogP) is 13.6. The van der Waals surface area contributed by atoms with Crippen LogP contribution in [0.3, 0.4) is 0 Å². The monoisotopic (exact) mass is 1500 g/mol. The Labute approximate surface area is 621 Å². The van der Waals surface area contributed by atoms with E-state index in [-0.39, 0.29) is 109 Å². The maximum atomic E-state index is 14.4. The summed E-state index contributed by atoms with van der Waals surface area (Å²) in [4.78, 5) is 8.84. The molecular weight excluding hydrogens is 1430 g/mol. The zero-order valence-electron chi connectivity index (χ0n) is 59.0. The Morgan fingerprint density at radius 1 is 0.464 bits per heavy atom. The SMILES string of the molecule is Cc1ccc(O)c(-n2cc(C(O)(c3ccc(-c4cc(C)c(N=CC(N=N)C(O)(c5ccc(-c6cc(C)c(N=CC(N=N)C(O)(C(=N)CN(N)c7c(C)cccc7O)c7cc(C(F)(F)F)cc(C(F)(F)F)c7)c(O)c6)cc5)c5cn(-c6c(C)cccc6O)nn5)c(O)c4)cc3)c3cn(-c4cc(C)ccc4O)nn3)nn2)c1. The van der Waals surface area contributed by atoms with Crippen LogP contribution < -0.4 is 10.9 Å². The number of anilines is 1. The van der Waals surface area contributed by atoms with Gasteiger partial charge in [-0.25, -0.2) is 31.0 Å². The summed E-state index contributed by atoms with van der Waals surface area (Å²) < 4.78 is 90.1. The first-order chi connectivity index (χ1) is 52.1. The summed E-state index contributed by atoms with van der Waals surface area (Å²) in [5.41, 5.74) is 7.94. The van der Waals surface area contributed by atoms with E-state index in [1.54, 1.807) is 80.6 Å². The van der Waals surface area contributed by atoms with Crippen LogP contribution in [0.2, 0.25) is 0 Å². The molecule has 27 nitrogen and oxygen atoms in total. The number of halogens is 6. The maximum absolute atomic E-state index is 14.4. The van der Waals surface area contributed by atoms with Crippen LogP contribution in [-0.4, -0.2) is 128 Å². The minimum absolute atomic E-state index is 0.00162. The molecule has 0 aliphatic rings. The molecule has 33 heteroatoms. The highest BCUT2D eigenvalue weighted by atomic mass is 19.4. The molecule has 14 N–H and O–H groups in total. The molecule has 0 amide bonds. The molecule has 12 aromatic rings. The normalized spacial score (nSPS) is 13.8. The van der Waals surface area contributed by atoms with Gasteiger partial charge in [0.05, 0.1) is 47.7 Å². The molecule has 3 heterocycles. The number of rotatable bonds is 23. The van der Waals surface area contributed by atoms with Crippen LogP contribution in [-0.2, 0) is 29.2 Å². The molecule has 110 heavy (non-hydrogen) atoms. The Morgan fingerprint density at radius 2 is 0.900 bits per heavy atom. The first kappa shape index (κ1) is 76.3. The molecule has 0 aliphatic heterocycles. The summed E-state index contributed by atoms with van der Waals surface area (Å²) >= 11 is 0. The number of aromatic hydroxyl groups is 6. The number of hydrogen-bond acceptors (Lipinski definition) is 24.